The fraction of sp³-hybridized carbons (Fsp3) is 1.00. The molecule has 170 valence electrons. The van der Waals surface area contributed by atoms with Crippen LogP contribution in [-0.2, 0) is 32.5 Å². The molecule has 8 nitrogen and oxygen atoms in total. The minimum Gasteiger partial charge on any atom is -0.395 e. The van der Waals surface area contributed by atoms with Crippen molar-refractivity contribution < 1.29 is 32.5 Å². The SMILES string of the molecule is CCO[Si](C)(CCCNCCOCCOCCOCCOCCOC)OCC. The molecule has 0 amide bonds. The van der Waals surface area contributed by atoms with Gasteiger partial charge in [0.05, 0.1) is 59.5 Å². The van der Waals surface area contributed by atoms with E-state index >= 15 is 0 Å². The summed E-state index contributed by atoms with van der Waals surface area (Å²) in [5.74, 6) is 0. The molecule has 1 N–H and O–H groups in total. The molecule has 0 bridgehead atoms. The molecule has 0 aromatic carbocycles. The number of methoxy groups -OCH3 is 1. The summed E-state index contributed by atoms with van der Waals surface area (Å²) in [5.41, 5.74) is 0. The number of nitrogens with one attached hydrogen (secondary N) is 1. The van der Waals surface area contributed by atoms with Gasteiger partial charge in [-0.05, 0) is 39.4 Å². The number of hydrogen-bond acceptors (Lipinski definition) is 8. The monoisotopic (exact) mass is 425 g/mol. The Hall–Kier alpha value is -0.103. The topological polar surface area (TPSA) is 76.6 Å². The molecule has 0 rings (SSSR count). The molecule has 0 unspecified atom stereocenters. The molecule has 0 heterocycles. The molecule has 0 aliphatic carbocycles. The number of hydrogen-bond donors (Lipinski definition) is 1. The van der Waals surface area contributed by atoms with Crippen LogP contribution in [0.3, 0.4) is 0 Å². The zero-order valence-electron chi connectivity index (χ0n) is 18.5. The smallest absolute Gasteiger partial charge is 0.334 e. The Kier molecular flexibility index (Phi) is 21.5. The van der Waals surface area contributed by atoms with E-state index in [2.05, 4.69) is 11.9 Å². The van der Waals surface area contributed by atoms with Gasteiger partial charge in [-0.15, -0.1) is 0 Å². The van der Waals surface area contributed by atoms with Gasteiger partial charge in [-0.25, -0.2) is 0 Å². The zero-order valence-corrected chi connectivity index (χ0v) is 19.5. The highest BCUT2D eigenvalue weighted by atomic mass is 28.4. The van der Waals surface area contributed by atoms with Gasteiger partial charge >= 0.3 is 8.56 Å². The Labute approximate surface area is 172 Å². The van der Waals surface area contributed by atoms with Crippen LogP contribution in [0.25, 0.3) is 0 Å². The Morgan fingerprint density at radius 2 is 1.11 bits per heavy atom. The highest BCUT2D eigenvalue weighted by molar-refractivity contribution is 6.66. The van der Waals surface area contributed by atoms with E-state index in [4.69, 9.17) is 32.5 Å². The third-order valence-corrected chi connectivity index (χ3v) is 6.92. The van der Waals surface area contributed by atoms with Gasteiger partial charge in [0, 0.05) is 26.9 Å². The standard InChI is InChI=1S/C19H43NO7Si/c1-5-26-28(4,27-6-2)19-7-8-20-9-10-22-13-14-24-17-18-25-16-15-23-12-11-21-3/h20H,5-19H2,1-4H3. The lowest BCUT2D eigenvalue weighted by Gasteiger charge is -2.25. The van der Waals surface area contributed by atoms with E-state index < -0.39 is 8.56 Å². The Bertz CT molecular complexity index is 308. The van der Waals surface area contributed by atoms with Crippen LogP contribution in [0.1, 0.15) is 20.3 Å². The molecule has 9 heteroatoms. The Balaban J connectivity index is 3.23. The lowest BCUT2D eigenvalue weighted by Crippen LogP contribution is -2.39. The molecular weight excluding hydrogens is 382 g/mol. The van der Waals surface area contributed by atoms with E-state index in [-0.39, 0.29) is 0 Å². The molecule has 0 radical (unpaired) electrons. The van der Waals surface area contributed by atoms with Crippen molar-refractivity contribution in [3.63, 3.8) is 0 Å². The largest absolute Gasteiger partial charge is 0.395 e. The van der Waals surface area contributed by atoms with Crippen LogP contribution < -0.4 is 5.32 Å². The summed E-state index contributed by atoms with van der Waals surface area (Å²) in [7, 11) is -0.315. The summed E-state index contributed by atoms with van der Waals surface area (Å²) in [6.07, 6.45) is 1.06. The summed E-state index contributed by atoms with van der Waals surface area (Å²) in [6, 6.07) is 1.01. The molecule has 0 fully saturated rings. The fourth-order valence-corrected chi connectivity index (χ4v) is 4.92. The van der Waals surface area contributed by atoms with Crippen molar-refractivity contribution in [2.75, 3.05) is 92.9 Å². The maximum absolute atomic E-state index is 5.83. The first-order valence-corrected chi connectivity index (χ1v) is 13.0. The maximum Gasteiger partial charge on any atom is 0.334 e. The quantitative estimate of drug-likeness (QED) is 0.196. The van der Waals surface area contributed by atoms with E-state index in [1.54, 1.807) is 7.11 Å². The average Bonchev–Trinajstić information content (AvgIpc) is 2.67. The molecule has 0 spiro atoms. The van der Waals surface area contributed by atoms with E-state index in [1.165, 1.54) is 0 Å². The molecule has 0 aliphatic rings. The normalized spacial score (nSPS) is 12.0. The summed E-state index contributed by atoms with van der Waals surface area (Å²) < 4.78 is 38.2. The van der Waals surface area contributed by atoms with Gasteiger partial charge < -0.3 is 37.9 Å². The molecule has 0 aromatic rings. The third-order valence-electron chi connectivity index (χ3n) is 3.85. The van der Waals surface area contributed by atoms with Gasteiger partial charge in [0.2, 0.25) is 0 Å². The second kappa shape index (κ2) is 21.6. The van der Waals surface area contributed by atoms with Crippen LogP contribution in [-0.4, -0.2) is 101 Å². The lowest BCUT2D eigenvalue weighted by molar-refractivity contribution is -0.00748. The van der Waals surface area contributed by atoms with Crippen molar-refractivity contribution in [3.05, 3.63) is 0 Å². The van der Waals surface area contributed by atoms with Crippen molar-refractivity contribution in [1.29, 1.82) is 0 Å². The van der Waals surface area contributed by atoms with Crippen molar-refractivity contribution in [1.82, 2.24) is 5.32 Å². The van der Waals surface area contributed by atoms with E-state index in [1.807, 2.05) is 13.8 Å². The van der Waals surface area contributed by atoms with E-state index in [0.29, 0.717) is 59.5 Å². The molecule has 0 saturated heterocycles. The van der Waals surface area contributed by atoms with Crippen LogP contribution >= 0.6 is 0 Å². The van der Waals surface area contributed by atoms with Crippen molar-refractivity contribution >= 4 is 8.56 Å². The van der Waals surface area contributed by atoms with Gasteiger partial charge in [0.25, 0.3) is 0 Å². The summed E-state index contributed by atoms with van der Waals surface area (Å²) in [5, 5.41) is 3.39. The van der Waals surface area contributed by atoms with Crippen LogP contribution in [0, 0.1) is 0 Å². The molecule has 0 aromatic heterocycles. The number of rotatable bonds is 23. The van der Waals surface area contributed by atoms with Crippen molar-refractivity contribution in [2.45, 2.75) is 32.9 Å². The van der Waals surface area contributed by atoms with Crippen molar-refractivity contribution in [3.8, 4) is 0 Å². The molecule has 28 heavy (non-hydrogen) atoms. The van der Waals surface area contributed by atoms with Crippen LogP contribution in [0.5, 0.6) is 0 Å². The van der Waals surface area contributed by atoms with E-state index in [9.17, 15) is 0 Å². The zero-order chi connectivity index (χ0) is 20.8. The molecular formula is C19H43NO7Si. The van der Waals surface area contributed by atoms with E-state index in [0.717, 1.165) is 38.8 Å². The van der Waals surface area contributed by atoms with Crippen LogP contribution in [0.2, 0.25) is 12.6 Å². The Morgan fingerprint density at radius 1 is 0.643 bits per heavy atom. The first kappa shape index (κ1) is 27.9. The van der Waals surface area contributed by atoms with Crippen LogP contribution in [0.4, 0.5) is 0 Å². The highest BCUT2D eigenvalue weighted by Gasteiger charge is 2.29. The van der Waals surface area contributed by atoms with Gasteiger partial charge in [-0.1, -0.05) is 0 Å². The summed E-state index contributed by atoms with van der Waals surface area (Å²) in [6.45, 7) is 14.8. The molecule has 0 aliphatic heterocycles. The first-order chi connectivity index (χ1) is 13.7. The Morgan fingerprint density at radius 3 is 1.57 bits per heavy atom. The second-order valence-electron chi connectivity index (χ2n) is 6.30. The molecule has 0 atom stereocenters. The minimum absolute atomic E-state index is 0.570. The maximum atomic E-state index is 5.83. The first-order valence-electron chi connectivity index (χ1n) is 10.5. The molecule has 0 saturated carbocycles. The van der Waals surface area contributed by atoms with Gasteiger partial charge in [0.1, 0.15) is 0 Å². The predicted octanol–water partition coefficient (Wildman–Crippen LogP) is 1.82. The summed E-state index contributed by atoms with van der Waals surface area (Å²) >= 11 is 0. The summed E-state index contributed by atoms with van der Waals surface area (Å²) in [4.78, 5) is 0. The highest BCUT2D eigenvalue weighted by Crippen LogP contribution is 2.15. The van der Waals surface area contributed by atoms with Crippen molar-refractivity contribution in [2.24, 2.45) is 0 Å². The second-order valence-corrected chi connectivity index (χ2v) is 9.64. The third kappa shape index (κ3) is 19.2. The van der Waals surface area contributed by atoms with Crippen LogP contribution in [0.15, 0.2) is 0 Å². The van der Waals surface area contributed by atoms with Gasteiger partial charge in [0.15, 0.2) is 0 Å². The minimum atomic E-state index is -1.97. The van der Waals surface area contributed by atoms with Gasteiger partial charge in [-0.2, -0.15) is 0 Å². The number of ether oxygens (including phenoxy) is 5. The predicted molar refractivity (Wildman–Crippen MR) is 112 cm³/mol. The lowest BCUT2D eigenvalue weighted by atomic mass is 10.5. The average molecular weight is 426 g/mol. The van der Waals surface area contributed by atoms with Gasteiger partial charge in [-0.3, -0.25) is 0 Å². The fourth-order valence-electron chi connectivity index (χ4n) is 2.50.